The molecule has 1 unspecified atom stereocenters. The quantitative estimate of drug-likeness (QED) is 0.897. The second-order valence-corrected chi connectivity index (χ2v) is 6.02. The third-order valence-electron chi connectivity index (χ3n) is 4.48. The monoisotopic (exact) mass is 313 g/mol. The standard InChI is InChI=1S/C17H23N5O/c1-12-13(2)22(11-19-12)15-6-4-14(5-7-15)20-17(23)16-10-18-8-9-21(16)3/h4-7,11,16,18H,8-10H2,1-3H3,(H,20,23). The molecule has 1 aliphatic rings. The Kier molecular flexibility index (Phi) is 4.45. The fourth-order valence-corrected chi connectivity index (χ4v) is 2.79. The number of amides is 1. The Morgan fingerprint density at radius 2 is 2.04 bits per heavy atom. The van der Waals surface area contributed by atoms with Crippen LogP contribution in [-0.4, -0.2) is 53.1 Å². The summed E-state index contributed by atoms with van der Waals surface area (Å²) in [5, 5.41) is 6.25. The number of rotatable bonds is 3. The number of nitrogens with one attached hydrogen (secondary N) is 2. The average Bonchev–Trinajstić information content (AvgIpc) is 2.88. The van der Waals surface area contributed by atoms with Gasteiger partial charge in [-0.3, -0.25) is 9.69 Å². The molecule has 6 nitrogen and oxygen atoms in total. The van der Waals surface area contributed by atoms with E-state index in [1.54, 1.807) is 0 Å². The highest BCUT2D eigenvalue weighted by Crippen LogP contribution is 2.17. The number of nitrogens with zero attached hydrogens (tertiary/aromatic N) is 3. The second kappa shape index (κ2) is 6.52. The Hall–Kier alpha value is -2.18. The van der Waals surface area contributed by atoms with Gasteiger partial charge < -0.3 is 15.2 Å². The molecular weight excluding hydrogens is 290 g/mol. The number of anilines is 1. The van der Waals surface area contributed by atoms with E-state index in [4.69, 9.17) is 0 Å². The van der Waals surface area contributed by atoms with Gasteiger partial charge in [-0.25, -0.2) is 4.98 Å². The van der Waals surface area contributed by atoms with Gasteiger partial charge in [0.05, 0.1) is 12.0 Å². The summed E-state index contributed by atoms with van der Waals surface area (Å²) >= 11 is 0. The van der Waals surface area contributed by atoms with E-state index in [9.17, 15) is 4.79 Å². The van der Waals surface area contributed by atoms with E-state index in [-0.39, 0.29) is 11.9 Å². The summed E-state index contributed by atoms with van der Waals surface area (Å²) in [7, 11) is 1.98. The molecule has 3 rings (SSSR count). The lowest BCUT2D eigenvalue weighted by Crippen LogP contribution is -2.54. The topological polar surface area (TPSA) is 62.2 Å². The summed E-state index contributed by atoms with van der Waals surface area (Å²) in [5.74, 6) is 0.0297. The molecule has 1 aromatic heterocycles. The van der Waals surface area contributed by atoms with Crippen LogP contribution in [0.1, 0.15) is 11.4 Å². The lowest BCUT2D eigenvalue weighted by Gasteiger charge is -2.31. The van der Waals surface area contributed by atoms with Crippen molar-refractivity contribution in [3.05, 3.63) is 42.0 Å². The van der Waals surface area contributed by atoms with Gasteiger partial charge in [0.1, 0.15) is 6.04 Å². The number of benzene rings is 1. The number of imidazole rings is 1. The molecule has 1 aromatic carbocycles. The fourth-order valence-electron chi connectivity index (χ4n) is 2.79. The molecule has 1 saturated heterocycles. The van der Waals surface area contributed by atoms with Crippen molar-refractivity contribution in [3.63, 3.8) is 0 Å². The predicted octanol–water partition coefficient (Wildman–Crippen LogP) is 1.33. The average molecular weight is 313 g/mol. The third kappa shape index (κ3) is 3.28. The molecule has 2 heterocycles. The van der Waals surface area contributed by atoms with Crippen LogP contribution in [0.2, 0.25) is 0 Å². The van der Waals surface area contributed by atoms with Crippen molar-refractivity contribution in [2.24, 2.45) is 0 Å². The highest BCUT2D eigenvalue weighted by Gasteiger charge is 2.25. The lowest BCUT2D eigenvalue weighted by molar-refractivity contribution is -0.121. The molecule has 0 bridgehead atoms. The van der Waals surface area contributed by atoms with Crippen LogP contribution in [-0.2, 0) is 4.79 Å². The molecule has 1 amide bonds. The zero-order valence-electron chi connectivity index (χ0n) is 13.8. The van der Waals surface area contributed by atoms with Crippen LogP contribution in [0.5, 0.6) is 0 Å². The van der Waals surface area contributed by atoms with Crippen LogP contribution >= 0.6 is 0 Å². The SMILES string of the molecule is Cc1ncn(-c2ccc(NC(=O)C3CNCCN3C)cc2)c1C. The number of hydrogen-bond acceptors (Lipinski definition) is 4. The van der Waals surface area contributed by atoms with Crippen LogP contribution < -0.4 is 10.6 Å². The first-order valence-electron chi connectivity index (χ1n) is 7.89. The number of piperazine rings is 1. The third-order valence-corrected chi connectivity index (χ3v) is 4.48. The van der Waals surface area contributed by atoms with E-state index in [2.05, 4.69) is 20.5 Å². The fraction of sp³-hybridized carbons (Fsp3) is 0.412. The Morgan fingerprint density at radius 3 is 2.65 bits per heavy atom. The minimum absolute atomic E-state index is 0.0297. The number of carbonyl (C=O) groups excluding carboxylic acids is 1. The zero-order chi connectivity index (χ0) is 16.4. The van der Waals surface area contributed by atoms with E-state index in [1.807, 2.05) is 56.1 Å². The number of likely N-dealkylation sites (N-methyl/N-ethyl adjacent to an activating group) is 1. The summed E-state index contributed by atoms with van der Waals surface area (Å²) in [6, 6.07) is 7.72. The lowest BCUT2D eigenvalue weighted by atomic mass is 10.2. The van der Waals surface area contributed by atoms with Crippen molar-refractivity contribution < 1.29 is 4.79 Å². The van der Waals surface area contributed by atoms with E-state index in [0.29, 0.717) is 6.54 Å². The first-order chi connectivity index (χ1) is 11.1. The van der Waals surface area contributed by atoms with Gasteiger partial charge in [-0.1, -0.05) is 0 Å². The summed E-state index contributed by atoms with van der Waals surface area (Å²) in [4.78, 5) is 18.8. The molecule has 1 aliphatic heterocycles. The van der Waals surface area contributed by atoms with Gasteiger partial charge in [0.2, 0.25) is 5.91 Å². The number of carbonyl (C=O) groups is 1. The van der Waals surface area contributed by atoms with Crippen molar-refractivity contribution in [2.45, 2.75) is 19.9 Å². The summed E-state index contributed by atoms with van der Waals surface area (Å²) in [6.45, 7) is 6.54. The van der Waals surface area contributed by atoms with Crippen LogP contribution in [0, 0.1) is 13.8 Å². The van der Waals surface area contributed by atoms with Crippen LogP contribution in [0.3, 0.4) is 0 Å². The molecule has 6 heteroatoms. The molecular formula is C17H23N5O. The minimum Gasteiger partial charge on any atom is -0.325 e. The highest BCUT2D eigenvalue weighted by atomic mass is 16.2. The van der Waals surface area contributed by atoms with Gasteiger partial charge in [0, 0.05) is 36.7 Å². The molecule has 1 fully saturated rings. The van der Waals surface area contributed by atoms with E-state index < -0.39 is 0 Å². The predicted molar refractivity (Wildman–Crippen MR) is 91.0 cm³/mol. The Labute approximate surface area is 136 Å². The van der Waals surface area contributed by atoms with Gasteiger partial charge in [-0.15, -0.1) is 0 Å². The van der Waals surface area contributed by atoms with Crippen molar-refractivity contribution in [1.29, 1.82) is 0 Å². The maximum Gasteiger partial charge on any atom is 0.243 e. The van der Waals surface area contributed by atoms with Crippen LogP contribution in [0.4, 0.5) is 5.69 Å². The summed E-state index contributed by atoms with van der Waals surface area (Å²) in [6.07, 6.45) is 1.82. The molecule has 0 spiro atoms. The van der Waals surface area contributed by atoms with Gasteiger partial charge in [0.15, 0.2) is 0 Å². The smallest absolute Gasteiger partial charge is 0.243 e. The highest BCUT2D eigenvalue weighted by molar-refractivity contribution is 5.95. The Bertz CT molecular complexity index is 692. The largest absolute Gasteiger partial charge is 0.325 e. The molecule has 23 heavy (non-hydrogen) atoms. The van der Waals surface area contributed by atoms with Crippen LogP contribution in [0.15, 0.2) is 30.6 Å². The van der Waals surface area contributed by atoms with E-state index in [0.717, 1.165) is 35.9 Å². The van der Waals surface area contributed by atoms with Crippen molar-refractivity contribution in [2.75, 3.05) is 32.0 Å². The molecule has 122 valence electrons. The number of aromatic nitrogens is 2. The second-order valence-electron chi connectivity index (χ2n) is 6.02. The first kappa shape index (κ1) is 15.7. The number of aryl methyl sites for hydroxylation is 1. The maximum absolute atomic E-state index is 12.4. The van der Waals surface area contributed by atoms with Crippen molar-refractivity contribution >= 4 is 11.6 Å². The van der Waals surface area contributed by atoms with Gasteiger partial charge in [-0.2, -0.15) is 0 Å². The van der Waals surface area contributed by atoms with Crippen molar-refractivity contribution in [3.8, 4) is 5.69 Å². The van der Waals surface area contributed by atoms with Gasteiger partial charge in [0.25, 0.3) is 0 Å². The van der Waals surface area contributed by atoms with Gasteiger partial charge >= 0.3 is 0 Å². The van der Waals surface area contributed by atoms with E-state index >= 15 is 0 Å². The zero-order valence-corrected chi connectivity index (χ0v) is 13.8. The molecule has 2 aromatic rings. The molecule has 0 saturated carbocycles. The Morgan fingerprint density at radius 1 is 1.30 bits per heavy atom. The first-order valence-corrected chi connectivity index (χ1v) is 7.89. The maximum atomic E-state index is 12.4. The summed E-state index contributed by atoms with van der Waals surface area (Å²) in [5.41, 5.74) is 4.00. The van der Waals surface area contributed by atoms with Gasteiger partial charge in [-0.05, 0) is 45.2 Å². The molecule has 2 N–H and O–H groups in total. The normalized spacial score (nSPS) is 18.8. The van der Waals surface area contributed by atoms with Crippen LogP contribution in [0.25, 0.3) is 5.69 Å². The summed E-state index contributed by atoms with van der Waals surface area (Å²) < 4.78 is 2.04. The Balaban J connectivity index is 1.70. The molecule has 1 atom stereocenters. The molecule has 0 radical (unpaired) electrons. The minimum atomic E-state index is -0.123. The van der Waals surface area contributed by atoms with E-state index in [1.165, 1.54) is 0 Å². The molecule has 0 aliphatic carbocycles. The number of hydrogen-bond donors (Lipinski definition) is 2. The van der Waals surface area contributed by atoms with Crippen molar-refractivity contribution in [1.82, 2.24) is 19.8 Å².